The number of carbonyl (C=O) groups excluding carboxylic acids is 1. The highest BCUT2D eigenvalue weighted by Gasteiger charge is 2.31. The summed E-state index contributed by atoms with van der Waals surface area (Å²) in [6, 6.07) is 0. The van der Waals surface area contributed by atoms with Crippen molar-refractivity contribution in [2.45, 2.75) is 13.9 Å². The molecule has 2 nitrogen and oxygen atoms in total. The van der Waals surface area contributed by atoms with E-state index < -0.39 is 3.23 Å². The molecule has 0 heterocycles. The first kappa shape index (κ1) is 12.4. The number of esters is 1. The van der Waals surface area contributed by atoms with Crippen LogP contribution in [0.5, 0.6) is 0 Å². The Morgan fingerprint density at radius 3 is 2.27 bits per heavy atom. The number of hydrogen-bond acceptors (Lipinski definition) is 2. The van der Waals surface area contributed by atoms with E-state index in [0.717, 1.165) is 0 Å². The zero-order valence-corrected chi connectivity index (χ0v) is 12.0. The van der Waals surface area contributed by atoms with E-state index in [1.807, 2.05) is 0 Å². The molecule has 0 aliphatic heterocycles. The van der Waals surface area contributed by atoms with Crippen molar-refractivity contribution in [3.05, 3.63) is 0 Å². The molecule has 0 fully saturated rings. The number of halogens is 4. The van der Waals surface area contributed by atoms with Gasteiger partial charge in [-0.05, 0) is 0 Å². The summed E-state index contributed by atoms with van der Waals surface area (Å²) in [7, 11) is 0. The van der Waals surface area contributed by atoms with Gasteiger partial charge in [0.05, 0.1) is 3.74 Å². The van der Waals surface area contributed by atoms with Crippen molar-refractivity contribution < 1.29 is 9.53 Å². The van der Waals surface area contributed by atoms with Crippen LogP contribution < -0.4 is 0 Å². The number of hydrogen-bond donors (Lipinski definition) is 0. The van der Waals surface area contributed by atoms with E-state index in [1.54, 1.807) is 0 Å². The van der Waals surface area contributed by atoms with Gasteiger partial charge in [-0.25, -0.2) is 0 Å². The van der Waals surface area contributed by atoms with Crippen LogP contribution in [0.25, 0.3) is 0 Å². The standard InChI is InChI=1S/C5H6Br4O2/c1-3(10)11-2-5(8,9)4(6)7/h4H,2H2,1H3. The van der Waals surface area contributed by atoms with Gasteiger partial charge in [-0.1, -0.05) is 63.7 Å². The van der Waals surface area contributed by atoms with E-state index in [1.165, 1.54) is 6.92 Å². The number of ether oxygens (including phenoxy) is 1. The summed E-state index contributed by atoms with van der Waals surface area (Å²) in [5, 5.41) is 0. The Labute approximate surface area is 98.9 Å². The Hall–Kier alpha value is 1.39. The fraction of sp³-hybridized carbons (Fsp3) is 0.800. The van der Waals surface area contributed by atoms with Crippen LogP contribution in [0.3, 0.4) is 0 Å². The van der Waals surface area contributed by atoms with Crippen LogP contribution in [-0.4, -0.2) is 19.5 Å². The van der Waals surface area contributed by atoms with Crippen LogP contribution in [-0.2, 0) is 9.53 Å². The van der Waals surface area contributed by atoms with Crippen LogP contribution in [0, 0.1) is 0 Å². The minimum Gasteiger partial charge on any atom is -0.463 e. The molecule has 6 heteroatoms. The molecule has 66 valence electrons. The van der Waals surface area contributed by atoms with E-state index in [4.69, 9.17) is 4.74 Å². The second kappa shape index (κ2) is 5.19. The van der Waals surface area contributed by atoms with Crippen LogP contribution in [0.4, 0.5) is 0 Å². The van der Waals surface area contributed by atoms with Gasteiger partial charge in [0, 0.05) is 6.92 Å². The van der Waals surface area contributed by atoms with Crippen molar-refractivity contribution in [3.8, 4) is 0 Å². The van der Waals surface area contributed by atoms with Gasteiger partial charge in [0.25, 0.3) is 0 Å². The average molecular weight is 418 g/mol. The van der Waals surface area contributed by atoms with E-state index in [2.05, 4.69) is 63.7 Å². The number of carbonyl (C=O) groups is 1. The molecule has 0 bridgehead atoms. The Kier molecular flexibility index (Phi) is 5.85. The van der Waals surface area contributed by atoms with Gasteiger partial charge in [0.15, 0.2) is 0 Å². The SMILES string of the molecule is CC(=O)OCC(Br)(Br)C(Br)Br. The van der Waals surface area contributed by atoms with E-state index in [0.29, 0.717) is 0 Å². The summed E-state index contributed by atoms with van der Waals surface area (Å²) in [6.07, 6.45) is 0. The Morgan fingerprint density at radius 1 is 1.55 bits per heavy atom. The third-order valence-corrected chi connectivity index (χ3v) is 6.18. The fourth-order valence-electron chi connectivity index (χ4n) is 0.261. The maximum Gasteiger partial charge on any atom is 0.302 e. The van der Waals surface area contributed by atoms with Gasteiger partial charge in [0.2, 0.25) is 0 Å². The highest BCUT2D eigenvalue weighted by molar-refractivity contribution is 9.30. The molecule has 0 aliphatic carbocycles. The lowest BCUT2D eigenvalue weighted by molar-refractivity contribution is -0.140. The molecule has 0 radical (unpaired) electrons. The zero-order chi connectivity index (χ0) is 9.07. The second-order valence-electron chi connectivity index (χ2n) is 1.84. The summed E-state index contributed by atoms with van der Waals surface area (Å²) < 4.78 is 4.31. The predicted molar refractivity (Wildman–Crippen MR) is 58.9 cm³/mol. The van der Waals surface area contributed by atoms with E-state index in [-0.39, 0.29) is 16.3 Å². The quantitative estimate of drug-likeness (QED) is 0.521. The fourth-order valence-corrected chi connectivity index (χ4v) is 0.754. The van der Waals surface area contributed by atoms with Crippen molar-refractivity contribution >= 4 is 69.7 Å². The Balaban J connectivity index is 3.82. The summed E-state index contributed by atoms with van der Waals surface area (Å²) in [4.78, 5) is 10.4. The molecule has 0 saturated carbocycles. The number of rotatable bonds is 3. The van der Waals surface area contributed by atoms with Gasteiger partial charge < -0.3 is 4.74 Å². The summed E-state index contributed by atoms with van der Waals surface area (Å²) in [5.41, 5.74) is 0. The maximum absolute atomic E-state index is 10.4. The lowest BCUT2D eigenvalue weighted by atomic mass is 10.5. The summed E-state index contributed by atoms with van der Waals surface area (Å²) in [6.45, 7) is 1.62. The topological polar surface area (TPSA) is 26.3 Å². The predicted octanol–water partition coefficient (Wildman–Crippen LogP) is 3.15. The molecule has 0 amide bonds. The first-order valence-corrected chi connectivity index (χ1v) is 6.07. The smallest absolute Gasteiger partial charge is 0.302 e. The third-order valence-electron chi connectivity index (χ3n) is 0.787. The van der Waals surface area contributed by atoms with Crippen molar-refractivity contribution in [3.63, 3.8) is 0 Å². The minimum atomic E-state index is -0.453. The third kappa shape index (κ3) is 5.60. The van der Waals surface area contributed by atoms with Gasteiger partial charge in [-0.3, -0.25) is 4.79 Å². The zero-order valence-electron chi connectivity index (χ0n) is 5.61. The highest BCUT2D eigenvalue weighted by Crippen LogP contribution is 2.38. The normalized spacial score (nSPS) is 11.8. The highest BCUT2D eigenvalue weighted by atomic mass is 79.9. The molecule has 0 aliphatic rings. The molecular weight excluding hydrogens is 412 g/mol. The Morgan fingerprint density at radius 2 is 2.00 bits per heavy atom. The van der Waals surface area contributed by atoms with Gasteiger partial charge in [-0.15, -0.1) is 0 Å². The summed E-state index contributed by atoms with van der Waals surface area (Å²) in [5.74, 6) is -0.297. The molecule has 0 spiro atoms. The minimum absolute atomic E-state index is 0.0122. The van der Waals surface area contributed by atoms with E-state index >= 15 is 0 Å². The van der Waals surface area contributed by atoms with Crippen molar-refractivity contribution in [2.24, 2.45) is 0 Å². The van der Waals surface area contributed by atoms with Crippen LogP contribution >= 0.6 is 63.7 Å². The second-order valence-corrected chi connectivity index (χ2v) is 8.80. The lowest BCUT2D eigenvalue weighted by Gasteiger charge is -2.20. The first-order valence-electron chi connectivity index (χ1n) is 2.65. The van der Waals surface area contributed by atoms with Gasteiger partial charge in [-0.2, -0.15) is 0 Å². The molecular formula is C5H6Br4O2. The maximum atomic E-state index is 10.4. The Bertz CT molecular complexity index is 145. The molecule has 0 atom stereocenters. The van der Waals surface area contributed by atoms with Crippen LogP contribution in [0.1, 0.15) is 6.92 Å². The van der Waals surface area contributed by atoms with Crippen molar-refractivity contribution in [2.75, 3.05) is 6.61 Å². The number of alkyl halides is 4. The molecule has 0 aromatic carbocycles. The average Bonchev–Trinajstić information content (AvgIpc) is 1.84. The molecule has 11 heavy (non-hydrogen) atoms. The molecule has 0 rings (SSSR count). The van der Waals surface area contributed by atoms with E-state index in [9.17, 15) is 4.79 Å². The first-order chi connectivity index (χ1) is 4.86. The van der Waals surface area contributed by atoms with Crippen molar-refractivity contribution in [1.29, 1.82) is 0 Å². The molecule has 0 unspecified atom stereocenters. The van der Waals surface area contributed by atoms with Gasteiger partial charge in [0.1, 0.15) is 9.84 Å². The lowest BCUT2D eigenvalue weighted by Crippen LogP contribution is -2.27. The monoisotopic (exact) mass is 414 g/mol. The molecule has 0 aromatic rings. The van der Waals surface area contributed by atoms with Crippen LogP contribution in [0.15, 0.2) is 0 Å². The van der Waals surface area contributed by atoms with Gasteiger partial charge >= 0.3 is 5.97 Å². The molecule has 0 N–H and O–H groups in total. The molecule has 0 saturated heterocycles. The van der Waals surface area contributed by atoms with Crippen molar-refractivity contribution in [1.82, 2.24) is 0 Å². The molecule has 0 aromatic heterocycles. The largest absolute Gasteiger partial charge is 0.463 e. The van der Waals surface area contributed by atoms with Crippen LogP contribution in [0.2, 0.25) is 0 Å². The summed E-state index contributed by atoms with van der Waals surface area (Å²) >= 11 is 13.2.